The third kappa shape index (κ3) is 2.83. The maximum absolute atomic E-state index is 13.4. The maximum Gasteiger partial charge on any atom is 0.335 e. The molecule has 0 aliphatic rings. The summed E-state index contributed by atoms with van der Waals surface area (Å²) in [5.74, 6) is -1.27. The summed E-state index contributed by atoms with van der Waals surface area (Å²) in [7, 11) is 0. The molecular weight excluding hydrogens is 297 g/mol. The fourth-order valence-corrected chi connectivity index (χ4v) is 2.31. The Morgan fingerprint density at radius 3 is 2.61 bits per heavy atom. The van der Waals surface area contributed by atoms with Crippen LogP contribution in [0, 0.1) is 19.7 Å². The van der Waals surface area contributed by atoms with Crippen LogP contribution in [0.2, 0.25) is 0 Å². The summed E-state index contributed by atoms with van der Waals surface area (Å²) in [5.41, 5.74) is 3.57. The van der Waals surface area contributed by atoms with Crippen LogP contribution in [0.3, 0.4) is 0 Å². The summed E-state index contributed by atoms with van der Waals surface area (Å²) >= 11 is 0. The average molecular weight is 311 g/mol. The van der Waals surface area contributed by atoms with E-state index in [0.717, 1.165) is 11.1 Å². The van der Waals surface area contributed by atoms with Crippen LogP contribution in [-0.4, -0.2) is 26.1 Å². The number of rotatable bonds is 3. The molecule has 1 aromatic heterocycles. The van der Waals surface area contributed by atoms with Crippen LogP contribution in [0.1, 0.15) is 21.5 Å². The minimum atomic E-state index is -0.999. The molecule has 0 aliphatic heterocycles. The Morgan fingerprint density at radius 2 is 1.91 bits per heavy atom. The molecule has 1 heterocycles. The summed E-state index contributed by atoms with van der Waals surface area (Å²) in [6, 6.07) is 9.54. The molecule has 0 saturated carbocycles. The molecule has 6 heteroatoms. The van der Waals surface area contributed by atoms with E-state index in [2.05, 4.69) is 10.3 Å². The van der Waals surface area contributed by atoms with Gasteiger partial charge in [-0.2, -0.15) is 0 Å². The monoisotopic (exact) mass is 311 g/mol. The van der Waals surface area contributed by atoms with E-state index in [4.69, 9.17) is 5.11 Å². The number of nitrogens with zero attached hydrogens (tertiary/aromatic N) is 3. The van der Waals surface area contributed by atoms with E-state index in [9.17, 15) is 9.18 Å². The van der Waals surface area contributed by atoms with Crippen molar-refractivity contribution in [3.05, 3.63) is 65.1 Å². The molecular formula is C17H14FN3O2. The molecule has 0 saturated heterocycles. The average Bonchev–Trinajstić information content (AvgIpc) is 3.00. The first kappa shape index (κ1) is 14.9. The van der Waals surface area contributed by atoms with Gasteiger partial charge in [0.15, 0.2) is 0 Å². The van der Waals surface area contributed by atoms with Crippen molar-refractivity contribution in [2.45, 2.75) is 13.8 Å². The number of carboxylic acid groups (broad SMARTS) is 1. The number of aromatic nitrogens is 3. The molecule has 2 aromatic carbocycles. The van der Waals surface area contributed by atoms with E-state index in [1.165, 1.54) is 10.7 Å². The summed E-state index contributed by atoms with van der Waals surface area (Å²) in [5, 5.41) is 17.3. The van der Waals surface area contributed by atoms with E-state index in [0.29, 0.717) is 16.9 Å². The number of aromatic carboxylic acids is 1. The zero-order valence-corrected chi connectivity index (χ0v) is 12.6. The Bertz CT molecular complexity index is 903. The first-order valence-corrected chi connectivity index (χ1v) is 6.99. The molecule has 0 bridgehead atoms. The van der Waals surface area contributed by atoms with Gasteiger partial charge in [0.2, 0.25) is 0 Å². The highest BCUT2D eigenvalue weighted by molar-refractivity contribution is 5.88. The second kappa shape index (κ2) is 5.64. The SMILES string of the molecule is Cc1cc(-c2cn(-c3cc(C(=O)O)ccc3C)nn2)ccc1F. The van der Waals surface area contributed by atoms with Crippen LogP contribution in [0.5, 0.6) is 0 Å². The molecule has 0 unspecified atom stereocenters. The minimum absolute atomic E-state index is 0.181. The normalized spacial score (nSPS) is 10.7. The number of carbonyl (C=O) groups is 1. The van der Waals surface area contributed by atoms with Crippen LogP contribution in [0.25, 0.3) is 16.9 Å². The Balaban J connectivity index is 2.03. The molecule has 3 rings (SSSR count). The van der Waals surface area contributed by atoms with Gasteiger partial charge < -0.3 is 5.11 Å². The van der Waals surface area contributed by atoms with Crippen molar-refractivity contribution in [2.24, 2.45) is 0 Å². The van der Waals surface area contributed by atoms with Gasteiger partial charge in [0.25, 0.3) is 0 Å². The highest BCUT2D eigenvalue weighted by Gasteiger charge is 2.11. The molecule has 116 valence electrons. The highest BCUT2D eigenvalue weighted by atomic mass is 19.1. The smallest absolute Gasteiger partial charge is 0.335 e. The predicted octanol–water partition coefficient (Wildman–Crippen LogP) is 3.39. The van der Waals surface area contributed by atoms with Gasteiger partial charge in [-0.25, -0.2) is 13.9 Å². The van der Waals surface area contributed by atoms with Crippen molar-refractivity contribution >= 4 is 5.97 Å². The standard InChI is InChI=1S/C17H14FN3O2/c1-10-3-4-13(17(22)23)8-16(10)21-9-15(19-20-21)12-5-6-14(18)11(2)7-12/h3-9H,1-2H3,(H,22,23). The molecule has 5 nitrogen and oxygen atoms in total. The molecule has 0 amide bonds. The predicted molar refractivity (Wildman–Crippen MR) is 83.2 cm³/mol. The first-order valence-electron chi connectivity index (χ1n) is 6.99. The maximum atomic E-state index is 13.4. The molecule has 3 aromatic rings. The van der Waals surface area contributed by atoms with Crippen LogP contribution < -0.4 is 0 Å². The molecule has 0 spiro atoms. The lowest BCUT2D eigenvalue weighted by Crippen LogP contribution is -2.02. The van der Waals surface area contributed by atoms with Gasteiger partial charge in [-0.15, -0.1) is 5.10 Å². The first-order chi connectivity index (χ1) is 11.0. The lowest BCUT2D eigenvalue weighted by Gasteiger charge is -2.06. The minimum Gasteiger partial charge on any atom is -0.478 e. The number of carboxylic acids is 1. The van der Waals surface area contributed by atoms with Crippen molar-refractivity contribution in [1.29, 1.82) is 0 Å². The van der Waals surface area contributed by atoms with Gasteiger partial charge in [-0.3, -0.25) is 0 Å². The van der Waals surface area contributed by atoms with E-state index in [1.54, 1.807) is 43.5 Å². The second-order valence-corrected chi connectivity index (χ2v) is 5.32. The summed E-state index contributed by atoms with van der Waals surface area (Å²) in [4.78, 5) is 11.1. The summed E-state index contributed by atoms with van der Waals surface area (Å²) in [6.45, 7) is 3.55. The third-order valence-corrected chi connectivity index (χ3v) is 3.65. The van der Waals surface area contributed by atoms with E-state index in [-0.39, 0.29) is 11.4 Å². The zero-order chi connectivity index (χ0) is 16.6. The Kier molecular flexibility index (Phi) is 3.65. The second-order valence-electron chi connectivity index (χ2n) is 5.32. The number of hydrogen-bond donors (Lipinski definition) is 1. The van der Waals surface area contributed by atoms with Crippen molar-refractivity contribution in [3.63, 3.8) is 0 Å². The van der Waals surface area contributed by atoms with E-state index < -0.39 is 5.97 Å². The molecule has 1 N–H and O–H groups in total. The number of hydrogen-bond acceptors (Lipinski definition) is 3. The number of halogens is 1. The van der Waals surface area contributed by atoms with Crippen molar-refractivity contribution in [2.75, 3.05) is 0 Å². The van der Waals surface area contributed by atoms with Gasteiger partial charge in [-0.1, -0.05) is 11.3 Å². The summed E-state index contributed by atoms with van der Waals surface area (Å²) < 4.78 is 14.9. The lowest BCUT2D eigenvalue weighted by atomic mass is 10.1. The molecule has 0 atom stereocenters. The van der Waals surface area contributed by atoms with E-state index >= 15 is 0 Å². The topological polar surface area (TPSA) is 68.0 Å². The largest absolute Gasteiger partial charge is 0.478 e. The number of aryl methyl sites for hydroxylation is 2. The van der Waals surface area contributed by atoms with Gasteiger partial charge >= 0.3 is 5.97 Å². The van der Waals surface area contributed by atoms with Gasteiger partial charge in [0, 0.05) is 5.56 Å². The molecule has 0 aliphatic carbocycles. The Hall–Kier alpha value is -3.02. The third-order valence-electron chi connectivity index (χ3n) is 3.65. The summed E-state index contributed by atoms with van der Waals surface area (Å²) in [6.07, 6.45) is 1.70. The van der Waals surface area contributed by atoms with Crippen molar-refractivity contribution in [1.82, 2.24) is 15.0 Å². The lowest BCUT2D eigenvalue weighted by molar-refractivity contribution is 0.0697. The molecule has 0 fully saturated rings. The molecule has 23 heavy (non-hydrogen) atoms. The highest BCUT2D eigenvalue weighted by Crippen LogP contribution is 2.22. The zero-order valence-electron chi connectivity index (χ0n) is 12.6. The number of benzene rings is 2. The van der Waals surface area contributed by atoms with Crippen molar-refractivity contribution in [3.8, 4) is 16.9 Å². The molecule has 0 radical (unpaired) electrons. The van der Waals surface area contributed by atoms with Crippen LogP contribution in [0.4, 0.5) is 4.39 Å². The van der Waals surface area contributed by atoms with Crippen molar-refractivity contribution < 1.29 is 14.3 Å². The van der Waals surface area contributed by atoms with E-state index in [1.807, 2.05) is 6.92 Å². The Labute approximate surface area is 132 Å². The quantitative estimate of drug-likeness (QED) is 0.805. The fourth-order valence-electron chi connectivity index (χ4n) is 2.31. The fraction of sp³-hybridized carbons (Fsp3) is 0.118. The van der Waals surface area contributed by atoms with Crippen LogP contribution in [0.15, 0.2) is 42.6 Å². The van der Waals surface area contributed by atoms with Crippen LogP contribution >= 0.6 is 0 Å². The van der Waals surface area contributed by atoms with Gasteiger partial charge in [0.05, 0.1) is 17.4 Å². The Morgan fingerprint density at radius 1 is 1.13 bits per heavy atom. The van der Waals surface area contributed by atoms with Crippen LogP contribution in [-0.2, 0) is 0 Å². The van der Waals surface area contributed by atoms with Gasteiger partial charge in [-0.05, 0) is 55.3 Å². The van der Waals surface area contributed by atoms with Gasteiger partial charge in [0.1, 0.15) is 11.5 Å².